The van der Waals surface area contributed by atoms with Gasteiger partial charge in [0.05, 0.1) is 9.91 Å². The third kappa shape index (κ3) is 1.95. The minimum Gasteiger partial charge on any atom is -0.443 e. The van der Waals surface area contributed by atoms with Crippen molar-refractivity contribution in [3.63, 3.8) is 0 Å². The lowest BCUT2D eigenvalue weighted by molar-refractivity contribution is -0.376. The highest BCUT2D eigenvalue weighted by Crippen LogP contribution is 2.22. The fourth-order valence-electron chi connectivity index (χ4n) is 0.636. The Hall–Kier alpha value is -0.620. The highest BCUT2D eigenvalue weighted by Gasteiger charge is 2.16. The zero-order chi connectivity index (χ0) is 9.14. The van der Waals surface area contributed by atoms with Gasteiger partial charge in [-0.1, -0.05) is 15.9 Å². The zero-order valence-corrected chi connectivity index (χ0v) is 8.83. The van der Waals surface area contributed by atoms with Crippen molar-refractivity contribution in [3.8, 4) is 0 Å². The standard InChI is InChI=1S/C6H3Br2NO3/c7-3-4(9(10)11)5-1-2-6(8)12-5/h1-3H/b4-3-. The Morgan fingerprint density at radius 1 is 1.67 bits per heavy atom. The van der Waals surface area contributed by atoms with Crippen molar-refractivity contribution >= 4 is 37.6 Å². The Bertz CT molecular complexity index is 331. The van der Waals surface area contributed by atoms with Crippen molar-refractivity contribution < 1.29 is 9.34 Å². The monoisotopic (exact) mass is 295 g/mol. The number of hydrogen-bond donors (Lipinski definition) is 0. The summed E-state index contributed by atoms with van der Waals surface area (Å²) in [7, 11) is 0. The second-order valence-electron chi connectivity index (χ2n) is 1.86. The van der Waals surface area contributed by atoms with E-state index in [1.54, 1.807) is 6.07 Å². The summed E-state index contributed by atoms with van der Waals surface area (Å²) in [6.07, 6.45) is 0. The fourth-order valence-corrected chi connectivity index (χ4v) is 1.33. The topological polar surface area (TPSA) is 56.3 Å². The molecule has 0 aliphatic carbocycles. The van der Waals surface area contributed by atoms with Crippen LogP contribution in [0.4, 0.5) is 0 Å². The predicted octanol–water partition coefficient (Wildman–Crippen LogP) is 3.01. The van der Waals surface area contributed by atoms with E-state index in [2.05, 4.69) is 31.9 Å². The van der Waals surface area contributed by atoms with Gasteiger partial charge in [0.15, 0.2) is 4.67 Å². The van der Waals surface area contributed by atoms with Gasteiger partial charge >= 0.3 is 5.70 Å². The van der Waals surface area contributed by atoms with E-state index in [4.69, 9.17) is 4.42 Å². The number of halogens is 2. The van der Waals surface area contributed by atoms with Gasteiger partial charge in [0.25, 0.3) is 0 Å². The molecule has 0 spiro atoms. The maximum absolute atomic E-state index is 10.4. The van der Waals surface area contributed by atoms with Crippen molar-refractivity contribution in [2.45, 2.75) is 0 Å². The quantitative estimate of drug-likeness (QED) is 0.623. The summed E-state index contributed by atoms with van der Waals surface area (Å²) in [6, 6.07) is 3.11. The van der Waals surface area contributed by atoms with Crippen LogP contribution in [0.2, 0.25) is 0 Å². The summed E-state index contributed by atoms with van der Waals surface area (Å²) in [5.74, 6) is 0.212. The molecule has 1 aromatic rings. The van der Waals surface area contributed by atoms with Gasteiger partial charge in [-0.25, -0.2) is 0 Å². The molecule has 1 aromatic heterocycles. The van der Waals surface area contributed by atoms with Crippen LogP contribution in [0.15, 0.2) is 26.2 Å². The minimum atomic E-state index is -0.528. The van der Waals surface area contributed by atoms with Crippen LogP contribution < -0.4 is 0 Å². The van der Waals surface area contributed by atoms with Gasteiger partial charge in [0, 0.05) is 0 Å². The molecular formula is C6H3Br2NO3. The van der Waals surface area contributed by atoms with Crippen LogP contribution in [0, 0.1) is 10.1 Å². The third-order valence-electron chi connectivity index (χ3n) is 1.13. The number of rotatable bonds is 2. The molecule has 0 amide bonds. The molecule has 0 atom stereocenters. The van der Waals surface area contributed by atoms with Gasteiger partial charge in [0.2, 0.25) is 5.76 Å². The molecule has 4 nitrogen and oxygen atoms in total. The van der Waals surface area contributed by atoms with E-state index >= 15 is 0 Å². The van der Waals surface area contributed by atoms with Crippen LogP contribution >= 0.6 is 31.9 Å². The first kappa shape index (κ1) is 9.47. The van der Waals surface area contributed by atoms with Crippen LogP contribution in [-0.4, -0.2) is 4.92 Å². The lowest BCUT2D eigenvalue weighted by Crippen LogP contribution is -1.94. The lowest BCUT2D eigenvalue weighted by Gasteiger charge is -1.90. The molecule has 0 saturated carbocycles. The molecular weight excluding hydrogens is 294 g/mol. The second-order valence-corrected chi connectivity index (χ2v) is 3.09. The van der Waals surface area contributed by atoms with Gasteiger partial charge in [-0.05, 0) is 28.1 Å². The molecule has 0 aliphatic heterocycles. The van der Waals surface area contributed by atoms with E-state index in [1.807, 2.05) is 0 Å². The maximum Gasteiger partial charge on any atom is 0.318 e. The van der Waals surface area contributed by atoms with Gasteiger partial charge < -0.3 is 4.42 Å². The smallest absolute Gasteiger partial charge is 0.318 e. The van der Waals surface area contributed by atoms with Crippen molar-refractivity contribution in [2.75, 3.05) is 0 Å². The molecule has 64 valence electrons. The second kappa shape index (κ2) is 3.86. The molecule has 0 aliphatic rings. The van der Waals surface area contributed by atoms with Crippen molar-refractivity contribution in [2.24, 2.45) is 0 Å². The summed E-state index contributed by atoms with van der Waals surface area (Å²) in [4.78, 5) is 11.1. The molecule has 0 unspecified atom stereocenters. The van der Waals surface area contributed by atoms with Gasteiger partial charge in [-0.2, -0.15) is 0 Å². The molecule has 1 rings (SSSR count). The van der Waals surface area contributed by atoms with E-state index in [0.717, 1.165) is 0 Å². The maximum atomic E-state index is 10.4. The number of nitro groups is 1. The highest BCUT2D eigenvalue weighted by atomic mass is 79.9. The normalized spacial score (nSPS) is 11.7. The summed E-state index contributed by atoms with van der Waals surface area (Å²) in [6.45, 7) is 0. The minimum absolute atomic E-state index is 0.110. The Morgan fingerprint density at radius 3 is 2.67 bits per heavy atom. The fraction of sp³-hybridized carbons (Fsp3) is 0. The predicted molar refractivity (Wildman–Crippen MR) is 50.3 cm³/mol. The molecule has 1 heterocycles. The van der Waals surface area contributed by atoms with E-state index in [-0.39, 0.29) is 11.5 Å². The number of furan rings is 1. The molecule has 0 radical (unpaired) electrons. The highest BCUT2D eigenvalue weighted by molar-refractivity contribution is 9.11. The van der Waals surface area contributed by atoms with Gasteiger partial charge in [-0.3, -0.25) is 10.1 Å². The average Bonchev–Trinajstić information content (AvgIpc) is 2.37. The Balaban J connectivity index is 3.04. The summed E-state index contributed by atoms with van der Waals surface area (Å²) in [5, 5.41) is 10.4. The van der Waals surface area contributed by atoms with Crippen molar-refractivity contribution in [1.29, 1.82) is 0 Å². The van der Waals surface area contributed by atoms with Crippen LogP contribution in [-0.2, 0) is 0 Å². The Kier molecular flexibility index (Phi) is 3.05. The first-order valence-corrected chi connectivity index (χ1v) is 4.56. The summed E-state index contributed by atoms with van der Waals surface area (Å²) >= 11 is 5.93. The lowest BCUT2D eigenvalue weighted by atomic mass is 10.4. The van der Waals surface area contributed by atoms with E-state index in [1.165, 1.54) is 11.1 Å². The molecule has 0 bridgehead atoms. The van der Waals surface area contributed by atoms with Crippen LogP contribution in [0.25, 0.3) is 5.70 Å². The molecule has 0 N–H and O–H groups in total. The molecule has 6 heteroatoms. The van der Waals surface area contributed by atoms with E-state index in [0.29, 0.717) is 4.67 Å². The molecule has 12 heavy (non-hydrogen) atoms. The average molecular weight is 297 g/mol. The van der Waals surface area contributed by atoms with E-state index < -0.39 is 4.92 Å². The molecule has 0 aromatic carbocycles. The van der Waals surface area contributed by atoms with Gasteiger partial charge in [-0.15, -0.1) is 0 Å². The zero-order valence-electron chi connectivity index (χ0n) is 5.66. The molecule has 0 saturated heterocycles. The first-order chi connectivity index (χ1) is 5.65. The summed E-state index contributed by atoms with van der Waals surface area (Å²) < 4.78 is 5.44. The third-order valence-corrected chi connectivity index (χ3v) is 1.99. The van der Waals surface area contributed by atoms with Crippen LogP contribution in [0.5, 0.6) is 0 Å². The van der Waals surface area contributed by atoms with E-state index in [9.17, 15) is 10.1 Å². The van der Waals surface area contributed by atoms with Crippen LogP contribution in [0.3, 0.4) is 0 Å². The van der Waals surface area contributed by atoms with Gasteiger partial charge in [0.1, 0.15) is 0 Å². The van der Waals surface area contributed by atoms with Crippen molar-refractivity contribution in [1.82, 2.24) is 0 Å². The van der Waals surface area contributed by atoms with Crippen molar-refractivity contribution in [3.05, 3.63) is 37.7 Å². The Labute approximate surface area is 84.7 Å². The largest absolute Gasteiger partial charge is 0.443 e. The first-order valence-electron chi connectivity index (χ1n) is 2.85. The SMILES string of the molecule is O=[N+]([O-])/C(=C\Br)c1ccc(Br)o1. The summed E-state index contributed by atoms with van der Waals surface area (Å²) in [5.41, 5.74) is -0.110. The van der Waals surface area contributed by atoms with Crippen LogP contribution in [0.1, 0.15) is 5.76 Å². The number of nitrogens with zero attached hydrogens (tertiary/aromatic N) is 1. The number of hydrogen-bond acceptors (Lipinski definition) is 3. The molecule has 0 fully saturated rings. The Morgan fingerprint density at radius 2 is 2.33 bits per heavy atom.